The summed E-state index contributed by atoms with van der Waals surface area (Å²) in [6.45, 7) is 3.58. The number of aromatic nitrogens is 2. The first-order valence-corrected chi connectivity index (χ1v) is 14.8. The fourth-order valence-corrected chi connectivity index (χ4v) is 5.52. The second-order valence-electron chi connectivity index (χ2n) is 10.6. The van der Waals surface area contributed by atoms with Gasteiger partial charge in [0.1, 0.15) is 23.1 Å². The molecular formula is C35H39N3O5. The van der Waals surface area contributed by atoms with E-state index in [1.807, 2.05) is 74.8 Å². The Morgan fingerprint density at radius 1 is 0.930 bits per heavy atom. The van der Waals surface area contributed by atoms with Crippen LogP contribution in [-0.4, -0.2) is 57.0 Å². The molecule has 5 rings (SSSR count). The van der Waals surface area contributed by atoms with Crippen molar-refractivity contribution in [2.75, 3.05) is 45.9 Å². The minimum absolute atomic E-state index is 0.125. The van der Waals surface area contributed by atoms with Gasteiger partial charge in [-0.2, -0.15) is 0 Å². The molecule has 0 fully saturated rings. The van der Waals surface area contributed by atoms with Crippen LogP contribution < -0.4 is 19.1 Å². The lowest BCUT2D eigenvalue weighted by molar-refractivity contribution is -0.143. The number of fused-ring (bicyclic) bond motifs is 1. The van der Waals surface area contributed by atoms with Gasteiger partial charge in [-0.25, -0.2) is 9.97 Å². The Morgan fingerprint density at radius 3 is 2.28 bits per heavy atom. The highest BCUT2D eigenvalue weighted by atomic mass is 16.5. The van der Waals surface area contributed by atoms with Crippen molar-refractivity contribution in [2.45, 2.75) is 38.5 Å². The number of carbonyl (C=O) groups is 1. The van der Waals surface area contributed by atoms with Gasteiger partial charge in [0.15, 0.2) is 5.82 Å². The molecule has 1 aliphatic carbocycles. The molecule has 0 radical (unpaired) electrons. The topological polar surface area (TPSA) is 83.0 Å². The van der Waals surface area contributed by atoms with Crippen molar-refractivity contribution in [2.24, 2.45) is 0 Å². The summed E-state index contributed by atoms with van der Waals surface area (Å²) in [4.78, 5) is 23.8. The third-order valence-corrected chi connectivity index (χ3v) is 7.82. The molecule has 1 aromatic heterocycles. The molecule has 1 heterocycles. The Balaban J connectivity index is 1.26. The van der Waals surface area contributed by atoms with Crippen molar-refractivity contribution in [3.8, 4) is 39.8 Å². The number of hydrogen-bond donors (Lipinski definition) is 0. The maximum absolute atomic E-state index is 12.0. The standard InChI is InChI=1S/C35H39N3O5/c1-5-42-33(39)22-27-8-7-26-21-30(17-18-31(26)27)43-20-6-19-38(2)35-32(24-9-13-28(40-3)14-10-24)23-36-34(37-35)25-11-15-29(41-4)16-12-25/h9-18,21,23,27H,5-8,19-20,22H2,1-4H3/t27-/m0/s1. The summed E-state index contributed by atoms with van der Waals surface area (Å²) in [5, 5.41) is 0. The van der Waals surface area contributed by atoms with Crippen LogP contribution in [0.25, 0.3) is 22.5 Å². The molecule has 0 saturated carbocycles. The minimum atomic E-state index is -0.125. The van der Waals surface area contributed by atoms with Crippen LogP contribution in [0, 0.1) is 0 Å². The van der Waals surface area contributed by atoms with Crippen molar-refractivity contribution < 1.29 is 23.7 Å². The molecular weight excluding hydrogens is 542 g/mol. The van der Waals surface area contributed by atoms with Crippen LogP contribution in [0.3, 0.4) is 0 Å². The normalized spacial score (nSPS) is 13.7. The second-order valence-corrected chi connectivity index (χ2v) is 10.6. The van der Waals surface area contributed by atoms with E-state index < -0.39 is 0 Å². The molecule has 8 heteroatoms. The molecule has 1 aliphatic rings. The largest absolute Gasteiger partial charge is 0.497 e. The molecule has 0 unspecified atom stereocenters. The summed E-state index contributed by atoms with van der Waals surface area (Å²) in [6, 6.07) is 21.9. The molecule has 8 nitrogen and oxygen atoms in total. The van der Waals surface area contributed by atoms with E-state index in [4.69, 9.17) is 28.9 Å². The first kappa shape index (κ1) is 29.9. The summed E-state index contributed by atoms with van der Waals surface area (Å²) >= 11 is 0. The van der Waals surface area contributed by atoms with Crippen molar-refractivity contribution in [1.82, 2.24) is 9.97 Å². The Hall–Kier alpha value is -4.59. The molecule has 224 valence electrons. The van der Waals surface area contributed by atoms with E-state index in [1.54, 1.807) is 14.2 Å². The molecule has 3 aromatic carbocycles. The van der Waals surface area contributed by atoms with E-state index >= 15 is 0 Å². The number of hydrogen-bond acceptors (Lipinski definition) is 8. The third kappa shape index (κ3) is 7.25. The summed E-state index contributed by atoms with van der Waals surface area (Å²) in [7, 11) is 5.36. The Morgan fingerprint density at radius 2 is 1.60 bits per heavy atom. The van der Waals surface area contributed by atoms with Gasteiger partial charge in [0.25, 0.3) is 0 Å². The van der Waals surface area contributed by atoms with E-state index in [0.717, 1.165) is 65.6 Å². The molecule has 1 atom stereocenters. The smallest absolute Gasteiger partial charge is 0.306 e. The van der Waals surface area contributed by atoms with E-state index in [-0.39, 0.29) is 11.9 Å². The van der Waals surface area contributed by atoms with Crippen LogP contribution in [0.15, 0.2) is 72.9 Å². The molecule has 0 saturated heterocycles. The lowest BCUT2D eigenvalue weighted by atomic mass is 9.98. The monoisotopic (exact) mass is 581 g/mol. The highest BCUT2D eigenvalue weighted by Crippen LogP contribution is 2.38. The quantitative estimate of drug-likeness (QED) is 0.127. The Kier molecular flexibility index (Phi) is 9.77. The van der Waals surface area contributed by atoms with Crippen LogP contribution in [0.2, 0.25) is 0 Å². The van der Waals surface area contributed by atoms with Crippen LogP contribution in [0.1, 0.15) is 43.2 Å². The predicted octanol–water partition coefficient (Wildman–Crippen LogP) is 6.72. The van der Waals surface area contributed by atoms with Crippen molar-refractivity contribution in [3.05, 3.63) is 84.1 Å². The number of ether oxygens (including phenoxy) is 4. The third-order valence-electron chi connectivity index (χ3n) is 7.82. The fraction of sp³-hybridized carbons (Fsp3) is 0.343. The number of carbonyl (C=O) groups excluding carboxylic acids is 1. The molecule has 0 bridgehead atoms. The SMILES string of the molecule is CCOC(=O)C[C@@H]1CCc2cc(OCCCN(C)c3nc(-c4ccc(OC)cc4)ncc3-c3ccc(OC)cc3)ccc21. The second kappa shape index (κ2) is 14.1. The first-order chi connectivity index (χ1) is 21.0. The highest BCUT2D eigenvalue weighted by molar-refractivity contribution is 5.77. The number of methoxy groups -OCH3 is 2. The van der Waals surface area contributed by atoms with E-state index in [1.165, 1.54) is 11.1 Å². The predicted molar refractivity (Wildman–Crippen MR) is 168 cm³/mol. The van der Waals surface area contributed by atoms with Gasteiger partial charge in [-0.3, -0.25) is 4.79 Å². The van der Waals surface area contributed by atoms with Gasteiger partial charge in [-0.05, 0) is 97.3 Å². The lowest BCUT2D eigenvalue weighted by Crippen LogP contribution is -2.22. The summed E-state index contributed by atoms with van der Waals surface area (Å²) in [5.41, 5.74) is 5.38. The van der Waals surface area contributed by atoms with E-state index in [0.29, 0.717) is 25.5 Å². The fourth-order valence-electron chi connectivity index (χ4n) is 5.52. The van der Waals surface area contributed by atoms with Crippen LogP contribution in [-0.2, 0) is 16.0 Å². The lowest BCUT2D eigenvalue weighted by Gasteiger charge is -2.22. The summed E-state index contributed by atoms with van der Waals surface area (Å²) in [6.07, 6.45) is 5.06. The molecule has 0 amide bonds. The molecule has 4 aromatic rings. The van der Waals surface area contributed by atoms with Gasteiger partial charge in [0, 0.05) is 30.9 Å². The zero-order valence-electron chi connectivity index (χ0n) is 25.3. The maximum atomic E-state index is 12.0. The number of rotatable bonds is 13. The van der Waals surface area contributed by atoms with Gasteiger partial charge in [0.05, 0.1) is 33.9 Å². The first-order valence-electron chi connectivity index (χ1n) is 14.8. The summed E-state index contributed by atoms with van der Waals surface area (Å²) in [5.74, 6) is 4.05. The Labute approximate surface area is 253 Å². The zero-order chi connectivity index (χ0) is 30.2. The Bertz CT molecular complexity index is 1520. The van der Waals surface area contributed by atoms with Gasteiger partial charge in [0.2, 0.25) is 0 Å². The highest BCUT2D eigenvalue weighted by Gasteiger charge is 2.25. The number of benzene rings is 3. The number of anilines is 1. The average molecular weight is 582 g/mol. The maximum Gasteiger partial charge on any atom is 0.306 e. The van der Waals surface area contributed by atoms with Crippen LogP contribution >= 0.6 is 0 Å². The molecule has 0 spiro atoms. The summed E-state index contributed by atoms with van der Waals surface area (Å²) < 4.78 is 22.0. The van der Waals surface area contributed by atoms with Crippen molar-refractivity contribution in [1.29, 1.82) is 0 Å². The van der Waals surface area contributed by atoms with E-state index in [2.05, 4.69) is 17.0 Å². The van der Waals surface area contributed by atoms with Gasteiger partial charge < -0.3 is 23.8 Å². The van der Waals surface area contributed by atoms with Gasteiger partial charge in [-0.1, -0.05) is 18.2 Å². The van der Waals surface area contributed by atoms with Gasteiger partial charge in [-0.15, -0.1) is 0 Å². The van der Waals surface area contributed by atoms with Crippen LogP contribution in [0.4, 0.5) is 5.82 Å². The minimum Gasteiger partial charge on any atom is -0.497 e. The van der Waals surface area contributed by atoms with E-state index in [9.17, 15) is 4.79 Å². The van der Waals surface area contributed by atoms with Crippen LogP contribution in [0.5, 0.6) is 17.2 Å². The number of esters is 1. The molecule has 0 N–H and O–H groups in total. The van der Waals surface area contributed by atoms with Crippen molar-refractivity contribution >= 4 is 11.8 Å². The van der Waals surface area contributed by atoms with Gasteiger partial charge >= 0.3 is 5.97 Å². The molecule has 0 aliphatic heterocycles. The van der Waals surface area contributed by atoms with Crippen molar-refractivity contribution in [3.63, 3.8) is 0 Å². The molecule has 43 heavy (non-hydrogen) atoms. The number of nitrogens with zero attached hydrogens (tertiary/aromatic N) is 3. The average Bonchev–Trinajstić information content (AvgIpc) is 3.44. The number of aryl methyl sites for hydroxylation is 1. The zero-order valence-corrected chi connectivity index (χ0v) is 25.3.